The Kier molecular flexibility index (Phi) is 3.69. The minimum absolute atomic E-state index is 0.921. The van der Waals surface area contributed by atoms with Gasteiger partial charge in [-0.05, 0) is 17.3 Å². The lowest BCUT2D eigenvalue weighted by Gasteiger charge is -2.23. The van der Waals surface area contributed by atoms with Crippen molar-refractivity contribution in [3.8, 4) is 0 Å². The lowest BCUT2D eigenvalue weighted by molar-refractivity contribution is 0.545. The predicted molar refractivity (Wildman–Crippen MR) is 59.6 cm³/mol. The van der Waals surface area contributed by atoms with Gasteiger partial charge in [0.25, 0.3) is 0 Å². The summed E-state index contributed by atoms with van der Waals surface area (Å²) < 4.78 is 0. The molecule has 72 valence electrons. The maximum atomic E-state index is 10.4. The normalized spacial score (nSPS) is 15.3. The van der Waals surface area contributed by atoms with Gasteiger partial charge >= 0.3 is 0 Å². The van der Waals surface area contributed by atoms with Crippen molar-refractivity contribution in [1.29, 1.82) is 0 Å². The summed E-state index contributed by atoms with van der Waals surface area (Å²) in [5, 5.41) is 1.18. The fraction of sp³-hybridized carbons (Fsp3) is 0.455. The van der Waals surface area contributed by atoms with Crippen LogP contribution in [-0.2, 0) is 0 Å². The first kappa shape index (κ1) is 10.5. The van der Waals surface area contributed by atoms with Gasteiger partial charge in [0.15, 0.2) is 0 Å². The van der Waals surface area contributed by atoms with Crippen LogP contribution >= 0.6 is 0 Å². The first-order chi connectivity index (χ1) is 6.23. The molecule has 0 radical (unpaired) electrons. The van der Waals surface area contributed by atoms with Crippen molar-refractivity contribution < 1.29 is 4.80 Å². The van der Waals surface area contributed by atoms with E-state index in [9.17, 15) is 4.80 Å². The maximum Gasteiger partial charge on any atom is 0.219 e. The fourth-order valence-corrected chi connectivity index (χ4v) is 4.38. The molecule has 0 fully saturated rings. The molecule has 13 heavy (non-hydrogen) atoms. The largest absolute Gasteiger partial charge is 0.427 e. The average Bonchev–Trinajstić information content (AvgIpc) is 2.19. The molecule has 0 spiro atoms. The van der Waals surface area contributed by atoms with Gasteiger partial charge in [0.05, 0.1) is 0 Å². The van der Waals surface area contributed by atoms with E-state index >= 15 is 0 Å². The van der Waals surface area contributed by atoms with Gasteiger partial charge in [0.1, 0.15) is 0 Å². The summed E-state index contributed by atoms with van der Waals surface area (Å²) in [6.45, 7) is 4.23. The van der Waals surface area contributed by atoms with E-state index in [-0.39, 0.29) is 0 Å². The Morgan fingerprint density at radius 1 is 1.15 bits per heavy atom. The molecule has 0 aliphatic heterocycles. The van der Waals surface area contributed by atoms with Crippen LogP contribution in [-0.4, -0.2) is 13.1 Å². The van der Waals surface area contributed by atoms with Crippen LogP contribution in [0.5, 0.6) is 0 Å². The van der Waals surface area contributed by atoms with Gasteiger partial charge in [-0.3, -0.25) is 0 Å². The third-order valence-electron chi connectivity index (χ3n) is 2.56. The van der Waals surface area contributed by atoms with Crippen molar-refractivity contribution in [3.05, 3.63) is 30.3 Å². The van der Waals surface area contributed by atoms with Crippen LogP contribution in [0.25, 0.3) is 0 Å². The van der Waals surface area contributed by atoms with Gasteiger partial charge < -0.3 is 4.80 Å². The molecule has 1 rings (SSSR count). The van der Waals surface area contributed by atoms with Gasteiger partial charge in [-0.2, -0.15) is 0 Å². The number of hydrogen-bond acceptors (Lipinski definition) is 1. The van der Waals surface area contributed by atoms with Crippen molar-refractivity contribution in [2.75, 3.05) is 0 Å². The maximum absolute atomic E-state index is 10.4. The summed E-state index contributed by atoms with van der Waals surface area (Å²) in [6.07, 6.45) is 1.07. The zero-order valence-electron chi connectivity index (χ0n) is 8.46. The second-order valence-electron chi connectivity index (χ2n) is 3.50. The van der Waals surface area contributed by atoms with E-state index in [4.69, 9.17) is 0 Å². The fourth-order valence-electron chi connectivity index (χ4n) is 1.69. The highest BCUT2D eigenvalue weighted by Gasteiger charge is 2.29. The number of benzene rings is 1. The molecular weight excluding hydrogens is 176 g/mol. The molecule has 2 heteroatoms. The Balaban J connectivity index is 2.89. The summed E-state index contributed by atoms with van der Waals surface area (Å²) in [6, 6.07) is 12.0. The molecule has 0 saturated heterocycles. The number of rotatable bonds is 4. The molecular formula is C11H18OSi. The first-order valence-corrected chi connectivity index (χ1v) is 7.37. The Bertz CT molecular complexity index is 248. The quantitative estimate of drug-likeness (QED) is 0.729. The molecule has 0 aromatic heterocycles. The second-order valence-corrected chi connectivity index (χ2v) is 7.35. The topological polar surface area (TPSA) is 20.2 Å². The SMILES string of the molecule is CCC[Si](O)(CC)c1ccccc1. The minimum Gasteiger partial charge on any atom is -0.427 e. The molecule has 1 aromatic carbocycles. The Labute approximate surface area is 81.6 Å². The van der Waals surface area contributed by atoms with E-state index in [0.29, 0.717) is 0 Å². The molecule has 1 nitrogen and oxygen atoms in total. The summed E-state index contributed by atoms with van der Waals surface area (Å²) in [5.74, 6) is 0. The highest BCUT2D eigenvalue weighted by molar-refractivity contribution is 6.85. The van der Waals surface area contributed by atoms with Crippen molar-refractivity contribution >= 4 is 13.5 Å². The summed E-state index contributed by atoms with van der Waals surface area (Å²) >= 11 is 0. The molecule has 1 N–H and O–H groups in total. The van der Waals surface area contributed by atoms with E-state index in [2.05, 4.69) is 26.0 Å². The van der Waals surface area contributed by atoms with Gasteiger partial charge in [-0.15, -0.1) is 0 Å². The van der Waals surface area contributed by atoms with E-state index < -0.39 is 8.32 Å². The van der Waals surface area contributed by atoms with Crippen molar-refractivity contribution in [1.82, 2.24) is 0 Å². The van der Waals surface area contributed by atoms with Crippen molar-refractivity contribution in [3.63, 3.8) is 0 Å². The third-order valence-corrected chi connectivity index (χ3v) is 6.46. The zero-order valence-corrected chi connectivity index (χ0v) is 9.46. The van der Waals surface area contributed by atoms with E-state index in [1.165, 1.54) is 5.19 Å². The predicted octanol–water partition coefficient (Wildman–Crippen LogP) is 2.26. The van der Waals surface area contributed by atoms with Gasteiger partial charge in [0, 0.05) is 0 Å². The van der Waals surface area contributed by atoms with Crippen LogP contribution in [0.4, 0.5) is 0 Å². The van der Waals surface area contributed by atoms with Crippen molar-refractivity contribution in [2.45, 2.75) is 32.4 Å². The van der Waals surface area contributed by atoms with Crippen LogP contribution in [0, 0.1) is 0 Å². The monoisotopic (exact) mass is 194 g/mol. The summed E-state index contributed by atoms with van der Waals surface area (Å²) in [7, 11) is -2.10. The molecule has 0 heterocycles. The highest BCUT2D eigenvalue weighted by atomic mass is 28.4. The van der Waals surface area contributed by atoms with Crippen molar-refractivity contribution in [2.24, 2.45) is 0 Å². The van der Waals surface area contributed by atoms with Crippen LogP contribution in [0.2, 0.25) is 12.1 Å². The minimum atomic E-state index is -2.10. The molecule has 1 aromatic rings. The lowest BCUT2D eigenvalue weighted by Crippen LogP contribution is -2.47. The molecule has 0 bridgehead atoms. The van der Waals surface area contributed by atoms with Crippen LogP contribution < -0.4 is 5.19 Å². The van der Waals surface area contributed by atoms with Crippen LogP contribution in [0.15, 0.2) is 30.3 Å². The van der Waals surface area contributed by atoms with E-state index in [1.54, 1.807) is 0 Å². The third kappa shape index (κ3) is 2.42. The van der Waals surface area contributed by atoms with Crippen LogP contribution in [0.3, 0.4) is 0 Å². The Morgan fingerprint density at radius 3 is 2.23 bits per heavy atom. The second kappa shape index (κ2) is 4.58. The molecule has 1 unspecified atom stereocenters. The molecule has 0 aliphatic carbocycles. The summed E-state index contributed by atoms with van der Waals surface area (Å²) in [5.41, 5.74) is 0. The van der Waals surface area contributed by atoms with Gasteiger partial charge in [-0.25, -0.2) is 0 Å². The van der Waals surface area contributed by atoms with Crippen LogP contribution in [0.1, 0.15) is 20.3 Å². The standard InChI is InChI=1S/C11H18OSi/c1-3-10-13(12,4-2)11-8-6-5-7-9-11/h5-9,12H,3-4,10H2,1-2H3. The van der Waals surface area contributed by atoms with E-state index in [0.717, 1.165) is 18.5 Å². The molecule has 0 aliphatic rings. The molecule has 1 atom stereocenters. The van der Waals surface area contributed by atoms with Gasteiger partial charge in [-0.1, -0.05) is 50.6 Å². The first-order valence-electron chi connectivity index (χ1n) is 5.01. The highest BCUT2D eigenvalue weighted by Crippen LogP contribution is 2.13. The molecule has 0 amide bonds. The van der Waals surface area contributed by atoms with Gasteiger partial charge in [0.2, 0.25) is 8.32 Å². The Morgan fingerprint density at radius 2 is 1.77 bits per heavy atom. The smallest absolute Gasteiger partial charge is 0.219 e. The number of hydrogen-bond donors (Lipinski definition) is 1. The zero-order chi connectivity index (χ0) is 9.73. The average molecular weight is 194 g/mol. The lowest BCUT2D eigenvalue weighted by atomic mass is 10.4. The Hall–Kier alpha value is -0.603. The summed E-state index contributed by atoms with van der Waals surface area (Å²) in [4.78, 5) is 10.4. The molecule has 0 saturated carbocycles. The van der Waals surface area contributed by atoms with E-state index in [1.807, 2.05) is 18.2 Å².